The maximum Gasteiger partial charge on any atom is 0.235 e. The van der Waals surface area contributed by atoms with Gasteiger partial charge in [0, 0.05) is 25.2 Å². The fourth-order valence-corrected chi connectivity index (χ4v) is 2.76. The Morgan fingerprint density at radius 3 is 2.72 bits per heavy atom. The second-order valence-corrected chi connectivity index (χ2v) is 5.95. The van der Waals surface area contributed by atoms with E-state index in [1.807, 2.05) is 0 Å². The van der Waals surface area contributed by atoms with Gasteiger partial charge in [-0.15, -0.1) is 0 Å². The molecule has 5 heteroatoms. The highest BCUT2D eigenvalue weighted by Gasteiger charge is 2.32. The van der Waals surface area contributed by atoms with Gasteiger partial charge in [-0.1, -0.05) is 0 Å². The number of carbonyl (C=O) groups is 1. The van der Waals surface area contributed by atoms with Gasteiger partial charge in [-0.2, -0.15) is 0 Å². The van der Waals surface area contributed by atoms with Gasteiger partial charge >= 0.3 is 0 Å². The van der Waals surface area contributed by atoms with Crippen LogP contribution in [0.25, 0.3) is 0 Å². The lowest BCUT2D eigenvalue weighted by Crippen LogP contribution is -2.52. The number of nitrogens with two attached hydrogens (primary N) is 1. The summed E-state index contributed by atoms with van der Waals surface area (Å²) >= 11 is 0. The standard InChI is InChI=1S/C13H26N4O/c1-16(2)8-11-4-3-7-17(11)9-12(13(14)18)15-10-5-6-10/h10-12,15H,3-9H2,1-2H3,(H2,14,18). The van der Waals surface area contributed by atoms with Crippen molar-refractivity contribution in [3.63, 3.8) is 0 Å². The molecular weight excluding hydrogens is 228 g/mol. The van der Waals surface area contributed by atoms with E-state index < -0.39 is 0 Å². The monoisotopic (exact) mass is 254 g/mol. The molecule has 2 fully saturated rings. The predicted octanol–water partition coefficient (Wildman–Crippen LogP) is -0.382. The second-order valence-electron chi connectivity index (χ2n) is 5.95. The highest BCUT2D eigenvalue weighted by atomic mass is 16.1. The van der Waals surface area contributed by atoms with E-state index >= 15 is 0 Å². The van der Waals surface area contributed by atoms with E-state index in [2.05, 4.69) is 29.2 Å². The summed E-state index contributed by atoms with van der Waals surface area (Å²) in [5, 5.41) is 3.36. The maximum absolute atomic E-state index is 11.5. The van der Waals surface area contributed by atoms with Gasteiger partial charge in [0.25, 0.3) is 0 Å². The molecule has 1 heterocycles. The average Bonchev–Trinajstić information content (AvgIpc) is 2.99. The first-order valence-corrected chi connectivity index (χ1v) is 7.00. The summed E-state index contributed by atoms with van der Waals surface area (Å²) in [6, 6.07) is 0.917. The number of carbonyl (C=O) groups excluding carboxylic acids is 1. The number of primary amides is 1. The van der Waals surface area contributed by atoms with Crippen LogP contribution in [0.4, 0.5) is 0 Å². The molecule has 0 aromatic heterocycles. The van der Waals surface area contributed by atoms with Crippen LogP contribution < -0.4 is 11.1 Å². The van der Waals surface area contributed by atoms with E-state index in [1.165, 1.54) is 25.7 Å². The van der Waals surface area contributed by atoms with Gasteiger partial charge in [0.05, 0.1) is 6.04 Å². The summed E-state index contributed by atoms with van der Waals surface area (Å²) in [4.78, 5) is 16.1. The van der Waals surface area contributed by atoms with E-state index in [1.54, 1.807) is 0 Å². The zero-order valence-corrected chi connectivity index (χ0v) is 11.6. The lowest BCUT2D eigenvalue weighted by Gasteiger charge is -2.29. The number of hydrogen-bond donors (Lipinski definition) is 2. The number of amides is 1. The average molecular weight is 254 g/mol. The Morgan fingerprint density at radius 2 is 2.17 bits per heavy atom. The van der Waals surface area contributed by atoms with Crippen molar-refractivity contribution in [2.75, 3.05) is 33.7 Å². The molecule has 1 saturated carbocycles. The molecule has 104 valence electrons. The number of rotatable bonds is 7. The first kappa shape index (κ1) is 13.8. The number of nitrogens with one attached hydrogen (secondary N) is 1. The van der Waals surface area contributed by atoms with Crippen LogP contribution in [0.2, 0.25) is 0 Å². The number of likely N-dealkylation sites (N-methyl/N-ethyl adjacent to an activating group) is 1. The molecule has 0 bridgehead atoms. The predicted molar refractivity (Wildman–Crippen MR) is 72.3 cm³/mol. The van der Waals surface area contributed by atoms with E-state index in [4.69, 9.17) is 5.73 Å². The van der Waals surface area contributed by atoms with E-state index in [0.717, 1.165) is 19.6 Å². The molecule has 0 aromatic carbocycles. The number of likely N-dealkylation sites (tertiary alicyclic amines) is 1. The Morgan fingerprint density at radius 1 is 1.44 bits per heavy atom. The Balaban J connectivity index is 1.86. The summed E-state index contributed by atoms with van der Waals surface area (Å²) in [7, 11) is 4.20. The van der Waals surface area contributed by atoms with E-state index in [-0.39, 0.29) is 11.9 Å². The first-order valence-electron chi connectivity index (χ1n) is 7.00. The van der Waals surface area contributed by atoms with E-state index in [9.17, 15) is 4.79 Å². The van der Waals surface area contributed by atoms with Crippen LogP contribution in [0.5, 0.6) is 0 Å². The number of hydrogen-bond acceptors (Lipinski definition) is 4. The smallest absolute Gasteiger partial charge is 0.235 e. The zero-order valence-electron chi connectivity index (χ0n) is 11.6. The van der Waals surface area contributed by atoms with Crippen LogP contribution in [0, 0.1) is 0 Å². The topological polar surface area (TPSA) is 61.6 Å². The van der Waals surface area contributed by atoms with Gasteiger partial charge in [-0.05, 0) is 46.3 Å². The van der Waals surface area contributed by atoms with Crippen LogP contribution in [-0.2, 0) is 4.79 Å². The van der Waals surface area contributed by atoms with Gasteiger partial charge < -0.3 is 16.0 Å². The van der Waals surface area contributed by atoms with Crippen molar-refractivity contribution in [2.45, 2.75) is 43.8 Å². The molecule has 1 aliphatic carbocycles. The van der Waals surface area contributed by atoms with Gasteiger partial charge in [0.2, 0.25) is 5.91 Å². The number of nitrogens with zero attached hydrogens (tertiary/aromatic N) is 2. The Kier molecular flexibility index (Phi) is 4.59. The van der Waals surface area contributed by atoms with Crippen molar-refractivity contribution in [2.24, 2.45) is 5.73 Å². The molecule has 2 unspecified atom stereocenters. The van der Waals surface area contributed by atoms with Crippen LogP contribution in [-0.4, -0.2) is 67.6 Å². The molecule has 18 heavy (non-hydrogen) atoms. The minimum atomic E-state index is -0.211. The Bertz CT molecular complexity index is 291. The Labute approximate surface area is 110 Å². The van der Waals surface area contributed by atoms with E-state index in [0.29, 0.717) is 12.1 Å². The Hall–Kier alpha value is -0.650. The van der Waals surface area contributed by atoms with Gasteiger partial charge in [0.15, 0.2) is 0 Å². The lowest BCUT2D eigenvalue weighted by atomic mass is 10.2. The first-order chi connectivity index (χ1) is 8.56. The summed E-state index contributed by atoms with van der Waals surface area (Å²) in [6.45, 7) is 2.92. The fraction of sp³-hybridized carbons (Fsp3) is 0.923. The van der Waals surface area contributed by atoms with Crippen molar-refractivity contribution in [3.8, 4) is 0 Å². The molecule has 3 N–H and O–H groups in total. The molecule has 2 aliphatic rings. The van der Waals surface area contributed by atoms with Crippen molar-refractivity contribution in [3.05, 3.63) is 0 Å². The molecule has 2 rings (SSSR count). The van der Waals surface area contributed by atoms with Gasteiger partial charge in [-0.3, -0.25) is 9.69 Å². The van der Waals surface area contributed by atoms with Crippen molar-refractivity contribution in [1.29, 1.82) is 0 Å². The molecule has 1 saturated heterocycles. The summed E-state index contributed by atoms with van der Waals surface area (Å²) in [5.41, 5.74) is 5.50. The normalized spacial score (nSPS) is 26.7. The molecule has 0 spiro atoms. The van der Waals surface area contributed by atoms with Gasteiger partial charge in [0.1, 0.15) is 0 Å². The minimum absolute atomic E-state index is 0.180. The van der Waals surface area contributed by atoms with Crippen molar-refractivity contribution >= 4 is 5.91 Å². The summed E-state index contributed by atoms with van der Waals surface area (Å²) in [6.07, 6.45) is 4.83. The minimum Gasteiger partial charge on any atom is -0.368 e. The molecule has 0 radical (unpaired) electrons. The third-order valence-electron chi connectivity index (χ3n) is 3.85. The quantitative estimate of drug-likeness (QED) is 0.650. The molecule has 5 nitrogen and oxygen atoms in total. The third kappa shape index (κ3) is 3.93. The highest BCUT2D eigenvalue weighted by molar-refractivity contribution is 5.80. The van der Waals surface area contributed by atoms with Gasteiger partial charge in [-0.25, -0.2) is 0 Å². The summed E-state index contributed by atoms with van der Waals surface area (Å²) in [5.74, 6) is -0.211. The molecule has 0 aromatic rings. The van der Waals surface area contributed by atoms with Crippen LogP contribution in [0.15, 0.2) is 0 Å². The second kappa shape index (κ2) is 5.99. The van der Waals surface area contributed by atoms with Crippen LogP contribution >= 0.6 is 0 Å². The fourth-order valence-electron chi connectivity index (χ4n) is 2.76. The van der Waals surface area contributed by atoms with Crippen molar-refractivity contribution in [1.82, 2.24) is 15.1 Å². The molecule has 1 aliphatic heterocycles. The van der Waals surface area contributed by atoms with Crippen LogP contribution in [0.1, 0.15) is 25.7 Å². The third-order valence-corrected chi connectivity index (χ3v) is 3.85. The SMILES string of the molecule is CN(C)CC1CCCN1CC(NC1CC1)C(N)=O. The molecule has 1 amide bonds. The highest BCUT2D eigenvalue weighted by Crippen LogP contribution is 2.21. The largest absolute Gasteiger partial charge is 0.368 e. The van der Waals surface area contributed by atoms with Crippen LogP contribution in [0.3, 0.4) is 0 Å². The maximum atomic E-state index is 11.5. The lowest BCUT2D eigenvalue weighted by molar-refractivity contribution is -0.120. The molecule has 2 atom stereocenters. The van der Waals surface area contributed by atoms with Crippen molar-refractivity contribution < 1.29 is 4.79 Å². The zero-order chi connectivity index (χ0) is 13.1. The molecular formula is C13H26N4O. The summed E-state index contributed by atoms with van der Waals surface area (Å²) < 4.78 is 0.